The molecule has 3 aliphatic rings. The number of hydrogen-bond donors (Lipinski definition) is 3. The van der Waals surface area contributed by atoms with Gasteiger partial charge in [0, 0.05) is 17.8 Å². The number of nitrogens with zero attached hydrogens (tertiary/aromatic N) is 1. The second kappa shape index (κ2) is 11.3. The highest BCUT2D eigenvalue weighted by molar-refractivity contribution is 8.02. The number of carbonyl (C=O) groups is 3. The van der Waals surface area contributed by atoms with Gasteiger partial charge in [-0.25, -0.2) is 0 Å². The summed E-state index contributed by atoms with van der Waals surface area (Å²) in [6, 6.07) is 17.7. The second-order valence-corrected chi connectivity index (χ2v) is 12.9. The third-order valence-electron chi connectivity index (χ3n) is 8.85. The highest BCUT2D eigenvalue weighted by Crippen LogP contribution is 2.69. The monoisotopic (exact) mass is 549 g/mol. The Morgan fingerprint density at radius 3 is 2.41 bits per heavy atom. The van der Waals surface area contributed by atoms with Gasteiger partial charge in [0.05, 0.1) is 29.2 Å². The molecule has 0 aliphatic carbocycles. The fourth-order valence-corrected chi connectivity index (χ4v) is 9.56. The molecule has 0 saturated carbocycles. The van der Waals surface area contributed by atoms with E-state index in [0.29, 0.717) is 6.54 Å². The second-order valence-electron chi connectivity index (χ2n) is 11.3. The summed E-state index contributed by atoms with van der Waals surface area (Å²) in [6.07, 6.45) is 2.54. The van der Waals surface area contributed by atoms with Gasteiger partial charge in [-0.1, -0.05) is 80.9 Å². The van der Waals surface area contributed by atoms with Crippen LogP contribution >= 0.6 is 11.8 Å². The maximum Gasteiger partial charge on any atom is 0.244 e. The van der Waals surface area contributed by atoms with Gasteiger partial charge in [0.15, 0.2) is 0 Å². The van der Waals surface area contributed by atoms with E-state index in [9.17, 15) is 19.5 Å². The first-order valence-corrected chi connectivity index (χ1v) is 15.0. The number of likely N-dealkylation sites (tertiary alicyclic amines) is 1. The van der Waals surface area contributed by atoms with Gasteiger partial charge < -0.3 is 20.6 Å². The summed E-state index contributed by atoms with van der Waals surface area (Å²) in [7, 11) is 0. The van der Waals surface area contributed by atoms with Crippen LogP contribution in [-0.2, 0) is 20.9 Å². The van der Waals surface area contributed by atoms with E-state index in [1.54, 1.807) is 16.7 Å². The van der Waals surface area contributed by atoms with Crippen molar-refractivity contribution in [3.05, 3.63) is 71.8 Å². The summed E-state index contributed by atoms with van der Waals surface area (Å²) in [6.45, 7) is 6.26. The highest BCUT2D eigenvalue weighted by Gasteiger charge is 2.76. The smallest absolute Gasteiger partial charge is 0.244 e. The molecule has 2 aromatic carbocycles. The average molecular weight is 550 g/mol. The lowest BCUT2D eigenvalue weighted by molar-refractivity contribution is -0.143. The minimum absolute atomic E-state index is 0.0282. The van der Waals surface area contributed by atoms with E-state index in [2.05, 4.69) is 24.5 Å². The van der Waals surface area contributed by atoms with Crippen LogP contribution in [0.5, 0.6) is 0 Å². The normalized spacial score (nSPS) is 30.6. The largest absolute Gasteiger partial charge is 0.394 e. The molecule has 3 fully saturated rings. The number of rotatable bonds is 10. The van der Waals surface area contributed by atoms with Crippen LogP contribution in [0, 0.1) is 17.8 Å². The molecule has 3 aliphatic heterocycles. The summed E-state index contributed by atoms with van der Waals surface area (Å²) in [5.41, 5.74) is 1.78. The van der Waals surface area contributed by atoms with Crippen LogP contribution in [0.1, 0.15) is 57.2 Å². The molecule has 3 heterocycles. The van der Waals surface area contributed by atoms with E-state index in [-0.39, 0.29) is 41.5 Å². The summed E-state index contributed by atoms with van der Waals surface area (Å²) in [5.74, 6) is -1.61. The molecule has 7 nitrogen and oxygen atoms in total. The fraction of sp³-hybridized carbons (Fsp3) is 0.516. The van der Waals surface area contributed by atoms with Crippen LogP contribution in [0.25, 0.3) is 0 Å². The SMILES string of the molecule is CCCC(C)NC(=O)C1N([C@H](CO)c2ccccc2)C(=O)[C@@H]2[C@H](C(=O)NCc3ccccc3)[C@@H]3CC(C)C12S3. The minimum atomic E-state index is -0.774. The molecule has 5 rings (SSSR count). The van der Waals surface area contributed by atoms with Crippen molar-refractivity contribution in [2.75, 3.05) is 6.61 Å². The van der Waals surface area contributed by atoms with E-state index in [0.717, 1.165) is 30.4 Å². The third kappa shape index (κ3) is 4.76. The first-order valence-electron chi connectivity index (χ1n) is 14.1. The lowest BCUT2D eigenvalue weighted by Gasteiger charge is -2.40. The molecule has 2 bridgehead atoms. The van der Waals surface area contributed by atoms with Gasteiger partial charge in [0.2, 0.25) is 17.7 Å². The number of carbonyl (C=O) groups excluding carboxylic acids is 3. The number of nitrogens with one attached hydrogen (secondary N) is 2. The molecule has 0 radical (unpaired) electrons. The van der Waals surface area contributed by atoms with E-state index < -0.39 is 28.7 Å². The van der Waals surface area contributed by atoms with Crippen LogP contribution in [0.15, 0.2) is 60.7 Å². The topological polar surface area (TPSA) is 98.7 Å². The molecule has 3 amide bonds. The van der Waals surface area contributed by atoms with Crippen molar-refractivity contribution in [1.82, 2.24) is 15.5 Å². The van der Waals surface area contributed by atoms with Gasteiger partial charge in [-0.2, -0.15) is 0 Å². The number of hydrogen-bond acceptors (Lipinski definition) is 5. The van der Waals surface area contributed by atoms with E-state index in [1.807, 2.05) is 67.6 Å². The molecular weight excluding hydrogens is 510 g/mol. The van der Waals surface area contributed by atoms with E-state index in [4.69, 9.17) is 0 Å². The number of thioether (sulfide) groups is 1. The van der Waals surface area contributed by atoms with Crippen LogP contribution in [0.2, 0.25) is 0 Å². The first-order chi connectivity index (χ1) is 18.8. The van der Waals surface area contributed by atoms with Crippen molar-refractivity contribution in [2.24, 2.45) is 17.8 Å². The lowest BCUT2D eigenvalue weighted by atomic mass is 9.65. The van der Waals surface area contributed by atoms with Gasteiger partial charge in [-0.05, 0) is 36.8 Å². The zero-order valence-corrected chi connectivity index (χ0v) is 23.7. The third-order valence-corrected chi connectivity index (χ3v) is 10.9. The first kappa shape index (κ1) is 27.7. The predicted molar refractivity (Wildman–Crippen MR) is 153 cm³/mol. The summed E-state index contributed by atoms with van der Waals surface area (Å²) >= 11 is 1.66. The van der Waals surface area contributed by atoms with Gasteiger partial charge in [0.1, 0.15) is 6.04 Å². The number of aliphatic hydroxyl groups excluding tert-OH is 1. The molecule has 1 spiro atoms. The summed E-state index contributed by atoms with van der Waals surface area (Å²) in [5, 5.41) is 16.8. The molecule has 0 aromatic heterocycles. The zero-order chi connectivity index (χ0) is 27.7. The minimum Gasteiger partial charge on any atom is -0.394 e. The fourth-order valence-electron chi connectivity index (χ4n) is 7.15. The van der Waals surface area contributed by atoms with Crippen molar-refractivity contribution >= 4 is 29.5 Å². The van der Waals surface area contributed by atoms with Gasteiger partial charge in [-0.3, -0.25) is 14.4 Å². The number of fused-ring (bicyclic) bond motifs is 1. The molecule has 4 unspecified atom stereocenters. The standard InChI is InChI=1S/C31H39N3O4S/c1-4-11-20(3)33-29(37)27-31-19(2)16-24(39-31)25(28(36)32-17-21-12-7-5-8-13-21)26(31)30(38)34(27)23(18-35)22-14-9-6-10-15-22/h5-10,12-15,19-20,23-27,35H,4,11,16-18H2,1-3H3,(H,32,36)(H,33,37)/t19?,20?,23-,24+,25-,26+,27?,31?/m1/s1. The number of aliphatic hydroxyl groups is 1. The Hall–Kier alpha value is -2.84. The van der Waals surface area contributed by atoms with Crippen molar-refractivity contribution in [2.45, 2.75) is 74.7 Å². The summed E-state index contributed by atoms with van der Waals surface area (Å²) in [4.78, 5) is 43.9. The quantitative estimate of drug-likeness (QED) is 0.420. The van der Waals surface area contributed by atoms with Crippen LogP contribution in [0.3, 0.4) is 0 Å². The Morgan fingerprint density at radius 1 is 1.10 bits per heavy atom. The van der Waals surface area contributed by atoms with Crippen LogP contribution in [-0.4, -0.2) is 56.4 Å². The molecular formula is C31H39N3O4S. The van der Waals surface area contributed by atoms with Gasteiger partial charge in [-0.15, -0.1) is 11.8 Å². The highest BCUT2D eigenvalue weighted by atomic mass is 32.2. The van der Waals surface area contributed by atoms with Gasteiger partial charge >= 0.3 is 0 Å². The molecule has 39 heavy (non-hydrogen) atoms. The Bertz CT molecular complexity index is 1190. The van der Waals surface area contributed by atoms with E-state index in [1.165, 1.54) is 0 Å². The number of amides is 3. The molecule has 8 atom stereocenters. The Labute approximate surface area is 235 Å². The van der Waals surface area contributed by atoms with Crippen molar-refractivity contribution < 1.29 is 19.5 Å². The van der Waals surface area contributed by atoms with Crippen molar-refractivity contribution in [1.29, 1.82) is 0 Å². The average Bonchev–Trinajstić information content (AvgIpc) is 3.53. The van der Waals surface area contributed by atoms with E-state index >= 15 is 0 Å². The van der Waals surface area contributed by atoms with Crippen molar-refractivity contribution in [3.63, 3.8) is 0 Å². The summed E-state index contributed by atoms with van der Waals surface area (Å²) < 4.78 is -0.727. The lowest BCUT2D eigenvalue weighted by Crippen LogP contribution is -2.58. The zero-order valence-electron chi connectivity index (χ0n) is 22.9. The maximum atomic E-state index is 14.4. The molecule has 3 saturated heterocycles. The van der Waals surface area contributed by atoms with Crippen molar-refractivity contribution in [3.8, 4) is 0 Å². The Kier molecular flexibility index (Phi) is 8.06. The van der Waals surface area contributed by atoms with Gasteiger partial charge in [0.25, 0.3) is 0 Å². The van der Waals surface area contributed by atoms with Crippen LogP contribution < -0.4 is 10.6 Å². The predicted octanol–water partition coefficient (Wildman–Crippen LogP) is 3.68. The Balaban J connectivity index is 1.52. The molecule has 8 heteroatoms. The molecule has 208 valence electrons. The maximum absolute atomic E-state index is 14.4. The van der Waals surface area contributed by atoms with Crippen LogP contribution in [0.4, 0.5) is 0 Å². The molecule has 3 N–H and O–H groups in total. The molecule has 2 aromatic rings. The number of benzene rings is 2. The Morgan fingerprint density at radius 2 is 1.77 bits per heavy atom.